The Morgan fingerprint density at radius 1 is 1.46 bits per heavy atom. The molecule has 2 aliphatic rings. The van der Waals surface area contributed by atoms with Crippen LogP contribution in [0, 0.1) is 18.3 Å². The van der Waals surface area contributed by atoms with Crippen molar-refractivity contribution in [2.45, 2.75) is 39.7 Å². The molecular formula is C20H27N2O2-. The summed E-state index contributed by atoms with van der Waals surface area (Å²) < 4.78 is 5.96. The van der Waals surface area contributed by atoms with E-state index in [1.807, 2.05) is 19.2 Å². The minimum atomic E-state index is 0.0409. The van der Waals surface area contributed by atoms with E-state index in [1.54, 1.807) is 11.8 Å². The van der Waals surface area contributed by atoms with Crippen LogP contribution in [0.1, 0.15) is 39.2 Å². The zero-order chi connectivity index (χ0) is 17.4. The number of carbonyl (C=O) groups is 1. The van der Waals surface area contributed by atoms with E-state index < -0.39 is 0 Å². The number of anilines is 1. The molecule has 24 heavy (non-hydrogen) atoms. The number of hydrogen-bond donors (Lipinski definition) is 1. The van der Waals surface area contributed by atoms with Gasteiger partial charge in [0.1, 0.15) is 5.75 Å². The molecule has 1 aromatic carbocycles. The summed E-state index contributed by atoms with van der Waals surface area (Å²) in [7, 11) is 1.81. The Kier molecular flexibility index (Phi) is 4.48. The lowest BCUT2D eigenvalue weighted by atomic mass is 10.0. The first-order chi connectivity index (χ1) is 11.4. The Hall–Kier alpha value is -2.10. The Bertz CT molecular complexity index is 666. The number of carbonyl (C=O) groups excluding carboxylic acids is 1. The highest BCUT2D eigenvalue weighted by Crippen LogP contribution is 2.62. The van der Waals surface area contributed by atoms with E-state index >= 15 is 0 Å². The van der Waals surface area contributed by atoms with E-state index in [1.165, 1.54) is 11.1 Å². The molecule has 0 aromatic heterocycles. The average molecular weight is 327 g/mol. The topological polar surface area (TPSA) is 41.6 Å². The van der Waals surface area contributed by atoms with Gasteiger partial charge in [0, 0.05) is 37.2 Å². The summed E-state index contributed by atoms with van der Waals surface area (Å²) in [6, 6.07) is 6.51. The molecule has 1 saturated carbocycles. The van der Waals surface area contributed by atoms with Crippen molar-refractivity contribution in [3.8, 4) is 5.75 Å². The number of hydrogen-bond acceptors (Lipinski definition) is 3. The Balaban J connectivity index is 1.87. The third kappa shape index (κ3) is 2.97. The van der Waals surface area contributed by atoms with E-state index in [9.17, 15) is 4.79 Å². The standard InChI is InChI=1S/C20H27N2O2/c1-6-14(10-21-12(2)3)19-17-11-24-18-8-7-15(22(5)13(4)23)9-16(18)20(17)19/h6-10,12,17,19-21H,11H2,1-5H3/q-1/b14-10+. The lowest BCUT2D eigenvalue weighted by Gasteiger charge is -2.21. The number of nitrogens with zero attached hydrogens (tertiary/aromatic N) is 1. The molecule has 3 unspecified atom stereocenters. The van der Waals surface area contributed by atoms with Crippen molar-refractivity contribution in [1.82, 2.24) is 5.32 Å². The SMILES string of the molecule is C[CH-]/C(=C\NC(C)C)C1C2COc3ccc(N(C)C(C)=O)cc3C21. The maximum atomic E-state index is 11.6. The molecule has 0 spiro atoms. The second kappa shape index (κ2) is 6.42. The van der Waals surface area contributed by atoms with Crippen LogP contribution >= 0.6 is 0 Å². The van der Waals surface area contributed by atoms with Crippen molar-refractivity contribution < 1.29 is 9.53 Å². The molecular weight excluding hydrogens is 300 g/mol. The van der Waals surface area contributed by atoms with Crippen LogP contribution in [-0.2, 0) is 4.79 Å². The van der Waals surface area contributed by atoms with Gasteiger partial charge in [-0.2, -0.15) is 5.57 Å². The maximum Gasteiger partial charge on any atom is 0.223 e. The van der Waals surface area contributed by atoms with Crippen LogP contribution < -0.4 is 15.0 Å². The van der Waals surface area contributed by atoms with Crippen LogP contribution in [-0.4, -0.2) is 25.6 Å². The summed E-state index contributed by atoms with van der Waals surface area (Å²) in [5, 5.41) is 3.41. The lowest BCUT2D eigenvalue weighted by molar-refractivity contribution is -0.116. The van der Waals surface area contributed by atoms with Gasteiger partial charge in [-0.15, -0.1) is 13.1 Å². The van der Waals surface area contributed by atoms with Crippen molar-refractivity contribution in [3.63, 3.8) is 0 Å². The lowest BCUT2D eigenvalue weighted by Crippen LogP contribution is -2.23. The number of nitrogens with one attached hydrogen (secondary N) is 1. The highest BCUT2D eigenvalue weighted by Gasteiger charge is 2.53. The molecule has 4 nitrogen and oxygen atoms in total. The van der Waals surface area contributed by atoms with Crippen molar-refractivity contribution in [3.05, 3.63) is 42.0 Å². The number of ether oxygens (including phenoxy) is 1. The van der Waals surface area contributed by atoms with Gasteiger partial charge in [0.05, 0.1) is 6.61 Å². The smallest absolute Gasteiger partial charge is 0.223 e. The quantitative estimate of drug-likeness (QED) is 0.842. The van der Waals surface area contributed by atoms with Crippen molar-refractivity contribution in [2.75, 3.05) is 18.6 Å². The van der Waals surface area contributed by atoms with Crippen LogP contribution in [0.2, 0.25) is 0 Å². The molecule has 3 atom stereocenters. The van der Waals surface area contributed by atoms with Crippen LogP contribution in [0.4, 0.5) is 5.69 Å². The third-order valence-corrected chi connectivity index (χ3v) is 5.11. The zero-order valence-electron chi connectivity index (χ0n) is 15.2. The fourth-order valence-corrected chi connectivity index (χ4v) is 3.60. The van der Waals surface area contributed by atoms with Crippen molar-refractivity contribution in [2.24, 2.45) is 11.8 Å². The molecule has 1 aromatic rings. The zero-order valence-corrected chi connectivity index (χ0v) is 15.2. The Morgan fingerprint density at radius 3 is 2.83 bits per heavy atom. The molecule has 3 rings (SSSR count). The molecule has 0 saturated heterocycles. The number of fused-ring (bicyclic) bond motifs is 3. The second-order valence-electron chi connectivity index (χ2n) is 7.08. The number of benzene rings is 1. The van der Waals surface area contributed by atoms with Gasteiger partial charge in [0.15, 0.2) is 0 Å². The minimum absolute atomic E-state index is 0.0409. The highest BCUT2D eigenvalue weighted by molar-refractivity contribution is 5.91. The summed E-state index contributed by atoms with van der Waals surface area (Å²) in [4.78, 5) is 13.3. The van der Waals surface area contributed by atoms with Gasteiger partial charge in [-0.25, -0.2) is 6.42 Å². The molecule has 1 N–H and O–H groups in total. The third-order valence-electron chi connectivity index (χ3n) is 5.11. The van der Waals surface area contributed by atoms with Gasteiger partial charge in [-0.05, 0) is 43.9 Å². The fourth-order valence-electron chi connectivity index (χ4n) is 3.60. The predicted octanol–water partition coefficient (Wildman–Crippen LogP) is 3.50. The largest absolute Gasteiger partial charge is 0.493 e. The highest BCUT2D eigenvalue weighted by atomic mass is 16.5. The molecule has 1 aliphatic heterocycles. The van der Waals surface area contributed by atoms with Gasteiger partial charge in [0.25, 0.3) is 0 Å². The summed E-state index contributed by atoms with van der Waals surface area (Å²) in [5.41, 5.74) is 3.52. The summed E-state index contributed by atoms with van der Waals surface area (Å²) in [6.45, 7) is 8.75. The van der Waals surface area contributed by atoms with Crippen molar-refractivity contribution >= 4 is 11.6 Å². The van der Waals surface area contributed by atoms with Gasteiger partial charge in [0.2, 0.25) is 5.91 Å². The fraction of sp³-hybridized carbons (Fsp3) is 0.500. The first-order valence-electron chi connectivity index (χ1n) is 8.70. The number of rotatable bonds is 5. The molecule has 1 amide bonds. The van der Waals surface area contributed by atoms with Crippen LogP contribution in [0.5, 0.6) is 5.75 Å². The molecule has 1 heterocycles. The normalized spacial score (nSPS) is 24.6. The average Bonchev–Trinajstić information content (AvgIpc) is 3.29. The van der Waals surface area contributed by atoms with Crippen LogP contribution in [0.25, 0.3) is 0 Å². The summed E-state index contributed by atoms with van der Waals surface area (Å²) in [6.07, 6.45) is 4.35. The van der Waals surface area contributed by atoms with E-state index in [0.29, 0.717) is 23.8 Å². The Morgan fingerprint density at radius 2 is 2.21 bits per heavy atom. The van der Waals surface area contributed by atoms with Crippen LogP contribution in [0.15, 0.2) is 30.0 Å². The van der Waals surface area contributed by atoms with E-state index in [4.69, 9.17) is 4.74 Å². The second-order valence-corrected chi connectivity index (χ2v) is 7.08. The van der Waals surface area contributed by atoms with E-state index in [0.717, 1.165) is 18.0 Å². The molecule has 1 aliphatic carbocycles. The first-order valence-corrected chi connectivity index (χ1v) is 8.70. The van der Waals surface area contributed by atoms with E-state index in [-0.39, 0.29) is 5.91 Å². The minimum Gasteiger partial charge on any atom is -0.493 e. The molecule has 130 valence electrons. The molecule has 4 heteroatoms. The first kappa shape index (κ1) is 16.7. The van der Waals surface area contributed by atoms with Gasteiger partial charge in [-0.1, -0.05) is 0 Å². The van der Waals surface area contributed by atoms with Crippen LogP contribution in [0.3, 0.4) is 0 Å². The van der Waals surface area contributed by atoms with Gasteiger partial charge < -0.3 is 15.0 Å². The number of amides is 1. The maximum absolute atomic E-state index is 11.6. The monoisotopic (exact) mass is 327 g/mol. The van der Waals surface area contributed by atoms with Crippen molar-refractivity contribution in [1.29, 1.82) is 0 Å². The molecule has 1 fully saturated rings. The summed E-state index contributed by atoms with van der Waals surface area (Å²) in [5.74, 6) is 2.53. The summed E-state index contributed by atoms with van der Waals surface area (Å²) >= 11 is 0. The Labute approximate surface area is 144 Å². The van der Waals surface area contributed by atoms with E-state index in [2.05, 4.69) is 44.8 Å². The molecule has 0 bridgehead atoms. The number of allylic oxidation sites excluding steroid dienone is 1. The molecule has 0 radical (unpaired) electrons. The van der Waals surface area contributed by atoms with Gasteiger partial charge >= 0.3 is 0 Å². The van der Waals surface area contributed by atoms with Gasteiger partial charge in [-0.3, -0.25) is 4.79 Å². The predicted molar refractivity (Wildman–Crippen MR) is 97.1 cm³/mol.